The molecule has 28 heavy (non-hydrogen) atoms. The Morgan fingerprint density at radius 1 is 1.14 bits per heavy atom. The normalized spacial score (nSPS) is 28.5. The quantitative estimate of drug-likeness (QED) is 0.858. The minimum absolute atomic E-state index is 0.00542. The van der Waals surface area contributed by atoms with Gasteiger partial charge in [-0.3, -0.25) is 4.79 Å². The monoisotopic (exact) mass is 399 g/mol. The van der Waals surface area contributed by atoms with Gasteiger partial charge in [-0.15, -0.1) is 0 Å². The van der Waals surface area contributed by atoms with Crippen molar-refractivity contribution < 1.29 is 4.79 Å². The molecule has 4 fully saturated rings. The summed E-state index contributed by atoms with van der Waals surface area (Å²) < 4.78 is 5.63. The van der Waals surface area contributed by atoms with Crippen molar-refractivity contribution in [1.82, 2.24) is 19.5 Å². The number of carbonyl (C=O) groups is 1. The summed E-state index contributed by atoms with van der Waals surface area (Å²) in [6.45, 7) is 7.75. The summed E-state index contributed by atoms with van der Waals surface area (Å²) in [5.41, 5.74) is 1.84. The largest absolute Gasteiger partial charge is 0.370 e. The first-order chi connectivity index (χ1) is 13.7. The van der Waals surface area contributed by atoms with E-state index in [0.717, 1.165) is 42.8 Å². The molecule has 1 N–H and O–H groups in total. The number of rotatable bonds is 3. The number of piperidine rings is 3. The number of carbonyl (C=O) groups excluding carboxylic acids is 1. The van der Waals surface area contributed by atoms with Crippen molar-refractivity contribution in [2.45, 2.75) is 25.3 Å². The highest BCUT2D eigenvalue weighted by Crippen LogP contribution is 2.30. The first-order valence-corrected chi connectivity index (χ1v) is 11.3. The maximum absolute atomic E-state index is 12.9. The van der Waals surface area contributed by atoms with Gasteiger partial charge in [-0.05, 0) is 81.6 Å². The summed E-state index contributed by atoms with van der Waals surface area (Å²) in [4.78, 5) is 20.2. The van der Waals surface area contributed by atoms with E-state index in [1.807, 2.05) is 0 Å². The van der Waals surface area contributed by atoms with E-state index in [0.29, 0.717) is 11.6 Å². The average molecular weight is 400 g/mol. The van der Waals surface area contributed by atoms with E-state index < -0.39 is 0 Å². The van der Waals surface area contributed by atoms with E-state index in [4.69, 9.17) is 0 Å². The number of amides is 1. The molecule has 1 aromatic carbocycles. The highest BCUT2D eigenvalue weighted by Gasteiger charge is 2.35. The van der Waals surface area contributed by atoms with Gasteiger partial charge in [0.15, 0.2) is 0 Å². The highest BCUT2D eigenvalue weighted by atomic mass is 32.1. The van der Waals surface area contributed by atoms with Gasteiger partial charge >= 0.3 is 0 Å². The standard InChI is InChI=1S/C21H29N5OS/c1-24-7-2-8-26(12-11-24)16-3-4-17-19(13-16)28-23-20(17)21(27)22-18-14-25-9-5-15(18)6-10-25/h3-4,13,15,18H,2,5-12,14H2,1H3,(H,22,27)/t18-/m1/s1. The van der Waals surface area contributed by atoms with Crippen LogP contribution in [0.2, 0.25) is 0 Å². The molecule has 0 spiro atoms. The minimum atomic E-state index is -0.00542. The predicted molar refractivity (Wildman–Crippen MR) is 114 cm³/mol. The van der Waals surface area contributed by atoms with Gasteiger partial charge in [0.1, 0.15) is 5.69 Å². The molecular formula is C21H29N5OS. The van der Waals surface area contributed by atoms with Crippen LogP contribution in [0.3, 0.4) is 0 Å². The first kappa shape index (κ1) is 18.3. The van der Waals surface area contributed by atoms with Gasteiger partial charge in [0.25, 0.3) is 5.91 Å². The Labute approximate surface area is 170 Å². The van der Waals surface area contributed by atoms with Gasteiger partial charge in [0.05, 0.1) is 4.70 Å². The number of hydrogen-bond donors (Lipinski definition) is 1. The Morgan fingerprint density at radius 3 is 2.79 bits per heavy atom. The summed E-state index contributed by atoms with van der Waals surface area (Å²) in [6, 6.07) is 6.74. The Kier molecular flexibility index (Phi) is 4.99. The fourth-order valence-corrected chi connectivity index (χ4v) is 5.76. The molecule has 6 nitrogen and oxygen atoms in total. The zero-order valence-electron chi connectivity index (χ0n) is 16.6. The predicted octanol–water partition coefficient (Wildman–Crippen LogP) is 2.26. The van der Waals surface area contributed by atoms with Crippen molar-refractivity contribution in [3.8, 4) is 0 Å². The second-order valence-electron chi connectivity index (χ2n) is 8.57. The zero-order valence-corrected chi connectivity index (χ0v) is 17.4. The summed E-state index contributed by atoms with van der Waals surface area (Å²) >= 11 is 1.45. The molecule has 0 unspecified atom stereocenters. The van der Waals surface area contributed by atoms with Crippen LogP contribution >= 0.6 is 11.5 Å². The molecule has 4 saturated heterocycles. The number of nitrogens with zero attached hydrogens (tertiary/aromatic N) is 4. The van der Waals surface area contributed by atoms with Crippen molar-refractivity contribution in [1.29, 1.82) is 0 Å². The first-order valence-electron chi connectivity index (χ1n) is 10.5. The third-order valence-corrected chi connectivity index (χ3v) is 7.54. The summed E-state index contributed by atoms with van der Waals surface area (Å²) in [5.74, 6) is 0.626. The van der Waals surface area contributed by atoms with Crippen LogP contribution in [0.4, 0.5) is 5.69 Å². The molecular weight excluding hydrogens is 370 g/mol. The number of benzene rings is 1. The molecule has 1 amide bonds. The smallest absolute Gasteiger partial charge is 0.271 e. The molecule has 2 bridgehead atoms. The molecule has 2 aromatic rings. The molecule has 150 valence electrons. The molecule has 0 aliphatic carbocycles. The molecule has 0 radical (unpaired) electrons. The lowest BCUT2D eigenvalue weighted by molar-refractivity contribution is 0.0619. The van der Waals surface area contributed by atoms with Gasteiger partial charge in [0.2, 0.25) is 0 Å². The third-order valence-electron chi connectivity index (χ3n) is 6.73. The van der Waals surface area contributed by atoms with Crippen LogP contribution in [0.1, 0.15) is 29.8 Å². The number of nitrogens with one attached hydrogen (secondary N) is 1. The second kappa shape index (κ2) is 7.61. The van der Waals surface area contributed by atoms with E-state index in [2.05, 4.69) is 49.6 Å². The third kappa shape index (κ3) is 3.51. The molecule has 4 aliphatic rings. The van der Waals surface area contributed by atoms with Crippen LogP contribution in [-0.4, -0.2) is 79.0 Å². The van der Waals surface area contributed by atoms with Crippen molar-refractivity contribution in [2.75, 3.05) is 57.8 Å². The van der Waals surface area contributed by atoms with Crippen LogP contribution in [0.5, 0.6) is 0 Å². The Bertz CT molecular complexity index is 860. The topological polar surface area (TPSA) is 51.7 Å². The number of hydrogen-bond acceptors (Lipinski definition) is 6. The van der Waals surface area contributed by atoms with E-state index in [1.54, 1.807) is 0 Å². The van der Waals surface area contributed by atoms with Crippen molar-refractivity contribution in [3.63, 3.8) is 0 Å². The van der Waals surface area contributed by atoms with Crippen molar-refractivity contribution >= 4 is 33.2 Å². The lowest BCUT2D eigenvalue weighted by Gasteiger charge is -2.44. The van der Waals surface area contributed by atoms with E-state index in [1.165, 1.54) is 49.6 Å². The number of fused-ring (bicyclic) bond motifs is 4. The van der Waals surface area contributed by atoms with Crippen LogP contribution in [-0.2, 0) is 0 Å². The molecule has 4 aliphatic heterocycles. The van der Waals surface area contributed by atoms with Gasteiger partial charge in [-0.25, -0.2) is 0 Å². The van der Waals surface area contributed by atoms with Gasteiger partial charge < -0.3 is 20.0 Å². The van der Waals surface area contributed by atoms with Crippen molar-refractivity contribution in [3.05, 3.63) is 23.9 Å². The fraction of sp³-hybridized carbons (Fsp3) is 0.619. The highest BCUT2D eigenvalue weighted by molar-refractivity contribution is 7.13. The second-order valence-corrected chi connectivity index (χ2v) is 9.38. The van der Waals surface area contributed by atoms with Crippen LogP contribution in [0, 0.1) is 5.92 Å². The molecule has 5 heterocycles. The Hall–Kier alpha value is -1.70. The number of anilines is 1. The maximum atomic E-state index is 12.9. The number of likely N-dealkylation sites (N-methyl/N-ethyl adjacent to an activating group) is 1. The average Bonchev–Trinajstić information content (AvgIpc) is 3.02. The van der Waals surface area contributed by atoms with Gasteiger partial charge in [-0.2, -0.15) is 4.37 Å². The van der Waals surface area contributed by atoms with E-state index in [9.17, 15) is 4.79 Å². The molecule has 6 rings (SSSR count). The molecule has 7 heteroatoms. The van der Waals surface area contributed by atoms with Crippen LogP contribution in [0.15, 0.2) is 18.2 Å². The van der Waals surface area contributed by atoms with Crippen molar-refractivity contribution in [2.24, 2.45) is 5.92 Å². The summed E-state index contributed by atoms with van der Waals surface area (Å²) in [5, 5.41) is 4.27. The zero-order chi connectivity index (χ0) is 19.1. The summed E-state index contributed by atoms with van der Waals surface area (Å²) in [6.07, 6.45) is 3.60. The molecule has 1 aromatic heterocycles. The SMILES string of the molecule is CN1CCCN(c2ccc3c(C(=O)N[C@@H]4CN5CCC4CC5)nsc3c2)CC1. The van der Waals surface area contributed by atoms with Gasteiger partial charge in [0, 0.05) is 43.3 Å². The van der Waals surface area contributed by atoms with Crippen LogP contribution in [0.25, 0.3) is 10.1 Å². The maximum Gasteiger partial charge on any atom is 0.271 e. The Morgan fingerprint density at radius 2 is 2.00 bits per heavy atom. The van der Waals surface area contributed by atoms with E-state index in [-0.39, 0.29) is 11.9 Å². The fourth-order valence-electron chi connectivity index (χ4n) is 4.96. The minimum Gasteiger partial charge on any atom is -0.370 e. The Balaban J connectivity index is 1.32. The number of aromatic nitrogens is 1. The van der Waals surface area contributed by atoms with Crippen LogP contribution < -0.4 is 10.2 Å². The molecule has 1 atom stereocenters. The molecule has 0 saturated carbocycles. The summed E-state index contributed by atoms with van der Waals surface area (Å²) in [7, 11) is 2.19. The van der Waals surface area contributed by atoms with Gasteiger partial charge in [-0.1, -0.05) is 0 Å². The van der Waals surface area contributed by atoms with E-state index >= 15 is 0 Å². The lowest BCUT2D eigenvalue weighted by Crippen LogP contribution is -2.57. The lowest BCUT2D eigenvalue weighted by atomic mass is 9.84.